The third-order valence-electron chi connectivity index (χ3n) is 3.90. The number of carboxylic acid groups (broad SMARTS) is 1. The number of hydrogen-bond acceptors (Lipinski definition) is 4. The van der Waals surface area contributed by atoms with Crippen LogP contribution >= 0.6 is 0 Å². The van der Waals surface area contributed by atoms with Gasteiger partial charge in [0.2, 0.25) is 0 Å². The number of carbonyl (C=O) groups is 1. The Morgan fingerprint density at radius 2 is 2.15 bits per heavy atom. The summed E-state index contributed by atoms with van der Waals surface area (Å²) in [7, 11) is 1.61. The molecule has 0 saturated carbocycles. The molecule has 1 aliphatic heterocycles. The molecule has 0 amide bonds. The maximum absolute atomic E-state index is 11.3. The molecule has 0 aliphatic carbocycles. The van der Waals surface area contributed by atoms with Gasteiger partial charge in [-0.15, -0.1) is 0 Å². The molecule has 0 spiro atoms. The second-order valence-corrected chi connectivity index (χ2v) is 5.18. The molecular formula is C15H21NO4. The molecule has 0 aromatic heterocycles. The summed E-state index contributed by atoms with van der Waals surface area (Å²) in [5, 5.41) is 9.28. The van der Waals surface area contributed by atoms with E-state index in [1.807, 2.05) is 31.2 Å². The van der Waals surface area contributed by atoms with Gasteiger partial charge in [-0.25, -0.2) is 0 Å². The van der Waals surface area contributed by atoms with Gasteiger partial charge in [0.05, 0.1) is 32.3 Å². The lowest BCUT2D eigenvalue weighted by Gasteiger charge is -2.43. The lowest BCUT2D eigenvalue weighted by Crippen LogP contribution is -2.50. The highest BCUT2D eigenvalue weighted by atomic mass is 16.5. The fraction of sp³-hybridized carbons (Fsp3) is 0.533. The van der Waals surface area contributed by atoms with Crippen molar-refractivity contribution in [3.8, 4) is 5.75 Å². The van der Waals surface area contributed by atoms with Crippen molar-refractivity contribution in [3.63, 3.8) is 0 Å². The Morgan fingerprint density at radius 1 is 1.45 bits per heavy atom. The largest absolute Gasteiger partial charge is 0.497 e. The van der Waals surface area contributed by atoms with Crippen molar-refractivity contribution in [1.29, 1.82) is 0 Å². The number of hydrogen-bond donors (Lipinski definition) is 1. The molecule has 1 unspecified atom stereocenters. The van der Waals surface area contributed by atoms with E-state index in [9.17, 15) is 9.90 Å². The highest BCUT2D eigenvalue weighted by Crippen LogP contribution is 2.34. The number of ether oxygens (including phenoxy) is 2. The molecule has 1 heterocycles. The van der Waals surface area contributed by atoms with Crippen LogP contribution in [-0.4, -0.2) is 49.4 Å². The summed E-state index contributed by atoms with van der Waals surface area (Å²) in [5.41, 5.74) is 0.408. The second-order valence-electron chi connectivity index (χ2n) is 5.18. The second kappa shape index (κ2) is 6.24. The number of benzene rings is 1. The Kier molecular flexibility index (Phi) is 4.62. The van der Waals surface area contributed by atoms with Crippen LogP contribution in [0.15, 0.2) is 24.3 Å². The Labute approximate surface area is 119 Å². The number of nitrogens with zero attached hydrogens (tertiary/aromatic N) is 1. The molecule has 1 aromatic carbocycles. The number of morpholine rings is 1. The fourth-order valence-electron chi connectivity index (χ4n) is 2.71. The van der Waals surface area contributed by atoms with Gasteiger partial charge in [0.15, 0.2) is 0 Å². The third-order valence-corrected chi connectivity index (χ3v) is 3.90. The maximum atomic E-state index is 11.3. The van der Waals surface area contributed by atoms with Gasteiger partial charge in [0.25, 0.3) is 0 Å². The van der Waals surface area contributed by atoms with Crippen molar-refractivity contribution >= 4 is 5.97 Å². The van der Waals surface area contributed by atoms with Crippen molar-refractivity contribution in [2.24, 2.45) is 0 Å². The van der Waals surface area contributed by atoms with Crippen molar-refractivity contribution in [3.05, 3.63) is 29.8 Å². The first-order valence-corrected chi connectivity index (χ1v) is 6.75. The van der Waals surface area contributed by atoms with Gasteiger partial charge in [-0.2, -0.15) is 0 Å². The number of methoxy groups -OCH3 is 1. The van der Waals surface area contributed by atoms with Crippen LogP contribution in [0.2, 0.25) is 0 Å². The molecule has 0 bridgehead atoms. The zero-order chi connectivity index (χ0) is 14.6. The van der Waals surface area contributed by atoms with Crippen molar-refractivity contribution in [2.75, 3.05) is 33.4 Å². The van der Waals surface area contributed by atoms with E-state index in [0.29, 0.717) is 13.2 Å². The zero-order valence-corrected chi connectivity index (χ0v) is 12.0. The summed E-state index contributed by atoms with van der Waals surface area (Å²) >= 11 is 0. The van der Waals surface area contributed by atoms with E-state index in [1.54, 1.807) is 7.11 Å². The van der Waals surface area contributed by atoms with Crippen molar-refractivity contribution < 1.29 is 19.4 Å². The van der Waals surface area contributed by atoms with Crippen LogP contribution in [0.1, 0.15) is 18.9 Å². The average molecular weight is 279 g/mol. The van der Waals surface area contributed by atoms with E-state index >= 15 is 0 Å². The summed E-state index contributed by atoms with van der Waals surface area (Å²) in [4.78, 5) is 13.5. The van der Waals surface area contributed by atoms with Gasteiger partial charge in [0, 0.05) is 13.1 Å². The Balaban J connectivity index is 2.36. The standard InChI is InChI=1S/C15H21NO4/c1-15(11-14(17)18,16-6-8-20-9-7-16)12-4-3-5-13(10-12)19-2/h3-5,10H,6-9,11H2,1-2H3,(H,17,18). The zero-order valence-electron chi connectivity index (χ0n) is 12.0. The maximum Gasteiger partial charge on any atom is 0.305 e. The molecule has 110 valence electrons. The Morgan fingerprint density at radius 3 is 2.75 bits per heavy atom. The van der Waals surface area contributed by atoms with Gasteiger partial charge >= 0.3 is 5.97 Å². The molecule has 1 saturated heterocycles. The minimum atomic E-state index is -0.804. The van der Waals surface area contributed by atoms with Crippen LogP contribution < -0.4 is 4.74 Å². The minimum absolute atomic E-state index is 0.0557. The normalized spacial score (nSPS) is 19.3. The molecule has 20 heavy (non-hydrogen) atoms. The molecule has 1 aromatic rings. The SMILES string of the molecule is COc1cccc(C(C)(CC(=O)O)N2CCOCC2)c1. The van der Waals surface area contributed by atoms with E-state index in [4.69, 9.17) is 9.47 Å². The van der Waals surface area contributed by atoms with E-state index in [-0.39, 0.29) is 6.42 Å². The first-order chi connectivity index (χ1) is 9.56. The summed E-state index contributed by atoms with van der Waals surface area (Å²) in [6.07, 6.45) is 0.0557. The van der Waals surface area contributed by atoms with Crippen molar-refractivity contribution in [2.45, 2.75) is 18.9 Å². The highest BCUT2D eigenvalue weighted by molar-refractivity contribution is 5.69. The van der Waals surface area contributed by atoms with Crippen LogP contribution in [0.5, 0.6) is 5.75 Å². The average Bonchev–Trinajstić information content (AvgIpc) is 2.47. The number of carboxylic acids is 1. The lowest BCUT2D eigenvalue weighted by molar-refractivity contribution is -0.141. The Bertz CT molecular complexity index is 471. The van der Waals surface area contributed by atoms with Gasteiger partial charge in [0.1, 0.15) is 5.75 Å². The summed E-state index contributed by atoms with van der Waals surface area (Å²) in [6, 6.07) is 7.64. The predicted octanol–water partition coefficient (Wildman–Crippen LogP) is 1.72. The van der Waals surface area contributed by atoms with Crippen molar-refractivity contribution in [1.82, 2.24) is 4.90 Å². The number of rotatable bonds is 5. The van der Waals surface area contributed by atoms with Gasteiger partial charge < -0.3 is 14.6 Å². The first-order valence-electron chi connectivity index (χ1n) is 6.75. The van der Waals surface area contributed by atoms with E-state index in [1.165, 1.54) is 0 Å². The molecule has 1 aliphatic rings. The highest BCUT2D eigenvalue weighted by Gasteiger charge is 2.37. The molecule has 0 radical (unpaired) electrons. The lowest BCUT2D eigenvalue weighted by atomic mass is 9.86. The number of aliphatic carboxylic acids is 1. The minimum Gasteiger partial charge on any atom is -0.497 e. The van der Waals surface area contributed by atoms with Crippen LogP contribution in [0, 0.1) is 0 Å². The molecule has 1 atom stereocenters. The Hall–Kier alpha value is -1.59. The molecule has 1 fully saturated rings. The monoisotopic (exact) mass is 279 g/mol. The molecule has 1 N–H and O–H groups in total. The predicted molar refractivity (Wildman–Crippen MR) is 75.0 cm³/mol. The van der Waals surface area contributed by atoms with Crippen LogP contribution in [0.4, 0.5) is 0 Å². The van der Waals surface area contributed by atoms with E-state index < -0.39 is 11.5 Å². The summed E-state index contributed by atoms with van der Waals surface area (Å²) < 4.78 is 10.6. The smallest absolute Gasteiger partial charge is 0.305 e. The van der Waals surface area contributed by atoms with Crippen LogP contribution in [0.25, 0.3) is 0 Å². The third kappa shape index (κ3) is 3.11. The molecular weight excluding hydrogens is 258 g/mol. The quantitative estimate of drug-likeness (QED) is 0.889. The summed E-state index contributed by atoms with van der Waals surface area (Å²) in [5.74, 6) is -0.0609. The first kappa shape index (κ1) is 14.8. The summed E-state index contributed by atoms with van der Waals surface area (Å²) in [6.45, 7) is 4.72. The molecule has 5 heteroatoms. The van der Waals surface area contributed by atoms with E-state index in [2.05, 4.69) is 4.90 Å². The van der Waals surface area contributed by atoms with Gasteiger partial charge in [-0.1, -0.05) is 12.1 Å². The fourth-order valence-corrected chi connectivity index (χ4v) is 2.71. The van der Waals surface area contributed by atoms with E-state index in [0.717, 1.165) is 24.4 Å². The van der Waals surface area contributed by atoms with Crippen LogP contribution in [0.3, 0.4) is 0 Å². The van der Waals surface area contributed by atoms with Gasteiger partial charge in [-0.05, 0) is 24.6 Å². The van der Waals surface area contributed by atoms with Crippen LogP contribution in [-0.2, 0) is 15.1 Å². The molecule has 5 nitrogen and oxygen atoms in total. The molecule has 2 rings (SSSR count). The topological polar surface area (TPSA) is 59.0 Å². The van der Waals surface area contributed by atoms with Gasteiger partial charge in [-0.3, -0.25) is 9.69 Å².